The molecule has 0 radical (unpaired) electrons. The van der Waals surface area contributed by atoms with E-state index in [1.165, 1.54) is 0 Å². The van der Waals surface area contributed by atoms with Gasteiger partial charge in [-0.05, 0) is 30.5 Å². The minimum Gasteiger partial charge on any atom is -0.507 e. The lowest BCUT2D eigenvalue weighted by molar-refractivity contribution is -0.112. The molecule has 0 aromatic heterocycles. The third-order valence-corrected chi connectivity index (χ3v) is 4.02. The molecule has 0 saturated heterocycles. The Morgan fingerprint density at radius 1 is 0.818 bits per heavy atom. The summed E-state index contributed by atoms with van der Waals surface area (Å²) in [6.45, 7) is 0. The summed E-state index contributed by atoms with van der Waals surface area (Å²) in [5, 5.41) is 11.0. The van der Waals surface area contributed by atoms with E-state index in [2.05, 4.69) is 0 Å². The van der Waals surface area contributed by atoms with Crippen LogP contribution in [0.2, 0.25) is 5.02 Å². The second-order valence-electron chi connectivity index (χ2n) is 5.16. The molecule has 2 aromatic rings. The van der Waals surface area contributed by atoms with Gasteiger partial charge in [-0.3, -0.25) is 9.59 Å². The third-order valence-electron chi connectivity index (χ3n) is 3.77. The number of Topliss-reactive ketones (excluding diaryl/α,β-unsaturated/α-hetero) is 2. The molecule has 2 aromatic carbocycles. The molecule has 0 saturated carbocycles. The summed E-state index contributed by atoms with van der Waals surface area (Å²) in [5.74, 6) is -1.26. The highest BCUT2D eigenvalue weighted by atomic mass is 35.5. The van der Waals surface area contributed by atoms with Crippen LogP contribution in [0.25, 0.3) is 5.76 Å². The van der Waals surface area contributed by atoms with E-state index in [1.54, 1.807) is 36.4 Å². The zero-order valence-corrected chi connectivity index (χ0v) is 12.4. The van der Waals surface area contributed by atoms with E-state index in [4.69, 9.17) is 11.6 Å². The van der Waals surface area contributed by atoms with Crippen molar-refractivity contribution >= 4 is 28.9 Å². The van der Waals surface area contributed by atoms with Gasteiger partial charge in [0.15, 0.2) is 0 Å². The summed E-state index contributed by atoms with van der Waals surface area (Å²) in [6.07, 6.45) is 0.865. The van der Waals surface area contributed by atoms with Crippen molar-refractivity contribution in [3.63, 3.8) is 0 Å². The van der Waals surface area contributed by atoms with Crippen molar-refractivity contribution in [3.8, 4) is 0 Å². The maximum absolute atomic E-state index is 12.2. The summed E-state index contributed by atoms with van der Waals surface area (Å²) < 4.78 is 0. The zero-order chi connectivity index (χ0) is 15.7. The first-order valence-corrected chi connectivity index (χ1v) is 7.30. The van der Waals surface area contributed by atoms with Gasteiger partial charge in [0.25, 0.3) is 0 Å². The molecule has 110 valence electrons. The Hall–Kier alpha value is -2.39. The lowest BCUT2D eigenvalue weighted by atomic mass is 9.86. The molecule has 0 atom stereocenters. The summed E-state index contributed by atoms with van der Waals surface area (Å²) in [7, 11) is 0. The number of ketones is 2. The van der Waals surface area contributed by atoms with Crippen molar-refractivity contribution in [2.75, 3.05) is 0 Å². The highest BCUT2D eigenvalue weighted by Gasteiger charge is 2.31. The van der Waals surface area contributed by atoms with Crippen molar-refractivity contribution in [2.24, 2.45) is 0 Å². The quantitative estimate of drug-likeness (QED) is 0.871. The summed E-state index contributed by atoms with van der Waals surface area (Å²) >= 11 is 5.83. The molecular formula is C18H13ClO3. The molecular weight excluding hydrogens is 300 g/mol. The van der Waals surface area contributed by atoms with E-state index < -0.39 is 11.6 Å². The van der Waals surface area contributed by atoms with Gasteiger partial charge in [-0.2, -0.15) is 0 Å². The van der Waals surface area contributed by atoms with Crippen LogP contribution >= 0.6 is 11.6 Å². The van der Waals surface area contributed by atoms with Gasteiger partial charge in [-0.1, -0.05) is 48.0 Å². The Morgan fingerprint density at radius 3 is 2.14 bits per heavy atom. The average Bonchev–Trinajstić information content (AvgIpc) is 2.54. The Bertz CT molecular complexity index is 788. The SMILES string of the molecule is O=C1C(=O)c2ccccc2C(O)=C1CCc1ccc(Cl)cc1. The van der Waals surface area contributed by atoms with Crippen molar-refractivity contribution in [1.29, 1.82) is 0 Å². The van der Waals surface area contributed by atoms with Crippen molar-refractivity contribution in [1.82, 2.24) is 0 Å². The maximum atomic E-state index is 12.2. The van der Waals surface area contributed by atoms with E-state index in [9.17, 15) is 14.7 Å². The van der Waals surface area contributed by atoms with Gasteiger partial charge >= 0.3 is 0 Å². The van der Waals surface area contributed by atoms with E-state index in [0.29, 0.717) is 23.4 Å². The fraction of sp³-hybridized carbons (Fsp3) is 0.111. The van der Waals surface area contributed by atoms with Crippen LogP contribution in [0.3, 0.4) is 0 Å². The number of carbonyl (C=O) groups excluding carboxylic acids is 2. The van der Waals surface area contributed by atoms with Crippen LogP contribution in [0.1, 0.15) is 27.9 Å². The summed E-state index contributed by atoms with van der Waals surface area (Å²) in [6, 6.07) is 13.9. The van der Waals surface area contributed by atoms with Crippen LogP contribution in [0, 0.1) is 0 Å². The first kappa shape index (κ1) is 14.5. The molecule has 1 N–H and O–H groups in total. The van der Waals surface area contributed by atoms with E-state index >= 15 is 0 Å². The van der Waals surface area contributed by atoms with Crippen LogP contribution in [0.15, 0.2) is 54.1 Å². The Kier molecular flexibility index (Phi) is 3.82. The second-order valence-corrected chi connectivity index (χ2v) is 5.59. The fourth-order valence-corrected chi connectivity index (χ4v) is 2.70. The number of halogens is 1. The van der Waals surface area contributed by atoms with Crippen molar-refractivity contribution < 1.29 is 14.7 Å². The third kappa shape index (κ3) is 2.55. The molecule has 22 heavy (non-hydrogen) atoms. The average molecular weight is 313 g/mol. The zero-order valence-electron chi connectivity index (χ0n) is 11.7. The number of allylic oxidation sites excluding steroid dienone is 1. The Balaban J connectivity index is 1.91. The number of hydrogen-bond acceptors (Lipinski definition) is 3. The maximum Gasteiger partial charge on any atom is 0.234 e. The number of aryl methyl sites for hydroxylation is 1. The highest BCUT2D eigenvalue weighted by Crippen LogP contribution is 2.30. The minimum atomic E-state index is -0.620. The predicted molar refractivity (Wildman–Crippen MR) is 85.1 cm³/mol. The van der Waals surface area contributed by atoms with Crippen LogP contribution in [-0.4, -0.2) is 16.7 Å². The molecule has 0 unspecified atom stereocenters. The molecule has 1 aliphatic carbocycles. The van der Waals surface area contributed by atoms with E-state index in [0.717, 1.165) is 5.56 Å². The molecule has 0 aliphatic heterocycles. The first-order chi connectivity index (χ1) is 10.6. The molecule has 3 nitrogen and oxygen atoms in total. The topological polar surface area (TPSA) is 54.4 Å². The monoisotopic (exact) mass is 312 g/mol. The number of rotatable bonds is 3. The van der Waals surface area contributed by atoms with Gasteiger partial charge < -0.3 is 5.11 Å². The predicted octanol–water partition coefficient (Wildman–Crippen LogP) is 4.01. The second kappa shape index (κ2) is 5.78. The lowest BCUT2D eigenvalue weighted by Gasteiger charge is -2.17. The van der Waals surface area contributed by atoms with Gasteiger partial charge in [-0.25, -0.2) is 0 Å². The van der Waals surface area contributed by atoms with Crippen LogP contribution in [0.4, 0.5) is 0 Å². The van der Waals surface area contributed by atoms with Crippen molar-refractivity contribution in [3.05, 3.63) is 75.8 Å². The standard InChI is InChI=1S/C18H13ClO3/c19-12-8-5-11(6-9-12)7-10-15-16(20)13-3-1-2-4-14(13)17(21)18(15)22/h1-6,8-9,20H,7,10H2. The molecule has 0 fully saturated rings. The highest BCUT2D eigenvalue weighted by molar-refractivity contribution is 6.52. The number of aliphatic hydroxyl groups is 1. The van der Waals surface area contributed by atoms with Gasteiger partial charge in [0.05, 0.1) is 0 Å². The molecule has 0 bridgehead atoms. The molecule has 0 amide bonds. The largest absolute Gasteiger partial charge is 0.507 e. The number of carbonyl (C=O) groups is 2. The van der Waals surface area contributed by atoms with Crippen LogP contribution in [-0.2, 0) is 11.2 Å². The molecule has 0 spiro atoms. The van der Waals surface area contributed by atoms with E-state index in [-0.39, 0.29) is 16.9 Å². The normalized spacial score (nSPS) is 14.2. The fourth-order valence-electron chi connectivity index (χ4n) is 2.57. The van der Waals surface area contributed by atoms with Gasteiger partial charge in [0.2, 0.25) is 11.6 Å². The van der Waals surface area contributed by atoms with Gasteiger partial charge in [0.1, 0.15) is 5.76 Å². The van der Waals surface area contributed by atoms with Crippen molar-refractivity contribution in [2.45, 2.75) is 12.8 Å². The smallest absolute Gasteiger partial charge is 0.234 e. The van der Waals surface area contributed by atoms with Gasteiger partial charge in [-0.15, -0.1) is 0 Å². The minimum absolute atomic E-state index is 0.0887. The van der Waals surface area contributed by atoms with E-state index in [1.807, 2.05) is 12.1 Å². The number of aliphatic hydroxyl groups excluding tert-OH is 1. The summed E-state index contributed by atoms with van der Waals surface area (Å²) in [4.78, 5) is 24.3. The molecule has 1 aliphatic rings. The lowest BCUT2D eigenvalue weighted by Crippen LogP contribution is -2.24. The number of hydrogen-bond donors (Lipinski definition) is 1. The van der Waals surface area contributed by atoms with Gasteiger partial charge in [0, 0.05) is 21.7 Å². The van der Waals surface area contributed by atoms with Crippen LogP contribution < -0.4 is 0 Å². The molecule has 3 rings (SSSR count). The van der Waals surface area contributed by atoms with Crippen LogP contribution in [0.5, 0.6) is 0 Å². The number of fused-ring (bicyclic) bond motifs is 1. The number of benzene rings is 2. The Morgan fingerprint density at radius 2 is 1.45 bits per heavy atom. The molecule has 4 heteroatoms. The summed E-state index contributed by atoms with van der Waals surface area (Å²) in [5.41, 5.74) is 1.86. The molecule has 0 heterocycles. The Labute approximate surface area is 132 Å². The first-order valence-electron chi connectivity index (χ1n) is 6.93.